The Kier molecular flexibility index (Phi) is 10.4. The van der Waals surface area contributed by atoms with Crippen molar-refractivity contribution in [2.24, 2.45) is 5.92 Å². The molecular weight excluding hydrogens is 593 g/mol. The van der Waals surface area contributed by atoms with Crippen molar-refractivity contribution in [2.75, 3.05) is 31.5 Å². The first kappa shape index (κ1) is 32.2. The number of anilines is 1. The molecule has 2 aromatic heterocycles. The largest absolute Gasteiger partial charge is 0.444 e. The maximum atomic E-state index is 13.0. The molecule has 1 N–H and O–H groups in total. The number of thioether (sulfide) groups is 1. The summed E-state index contributed by atoms with van der Waals surface area (Å²) in [5, 5.41) is 12.6. The first-order valence-corrected chi connectivity index (χ1v) is 17.3. The molecule has 5 rings (SSSR count). The van der Waals surface area contributed by atoms with E-state index in [0.717, 1.165) is 61.7 Å². The highest BCUT2D eigenvalue weighted by Gasteiger charge is 2.28. The van der Waals surface area contributed by atoms with E-state index < -0.39 is 0 Å². The van der Waals surface area contributed by atoms with E-state index in [-0.39, 0.29) is 35.6 Å². The third-order valence-electron chi connectivity index (χ3n) is 8.54. The molecule has 2 aliphatic heterocycles. The second-order valence-electron chi connectivity index (χ2n) is 12.7. The molecule has 1 fully saturated rings. The second kappa shape index (κ2) is 14.3. The fraction of sp³-hybridized carbons (Fsp3) is 0.545. The minimum Gasteiger partial charge on any atom is -0.444 e. The van der Waals surface area contributed by atoms with Gasteiger partial charge in [0, 0.05) is 17.9 Å². The number of piperidine rings is 1. The highest BCUT2D eigenvalue weighted by molar-refractivity contribution is 8.00. The summed E-state index contributed by atoms with van der Waals surface area (Å²) >= 11 is 3.10. The minimum absolute atomic E-state index is 0.00993. The first-order valence-electron chi connectivity index (χ1n) is 15.5. The van der Waals surface area contributed by atoms with Gasteiger partial charge in [0.15, 0.2) is 5.13 Å². The predicted molar refractivity (Wildman–Crippen MR) is 173 cm³/mol. The molecule has 234 valence electrons. The van der Waals surface area contributed by atoms with Crippen LogP contribution in [0.15, 0.2) is 39.2 Å². The normalized spacial score (nSPS) is 17.7. The molecule has 1 unspecified atom stereocenters. The smallest absolute Gasteiger partial charge is 0.237 e. The van der Waals surface area contributed by atoms with Gasteiger partial charge in [0.05, 0.1) is 34.5 Å². The molecule has 0 radical (unpaired) electrons. The molecule has 44 heavy (non-hydrogen) atoms. The second-order valence-corrected chi connectivity index (χ2v) is 15.0. The van der Waals surface area contributed by atoms with Crippen molar-refractivity contribution in [3.05, 3.63) is 58.9 Å². The molecule has 2 aliphatic rings. The summed E-state index contributed by atoms with van der Waals surface area (Å²) in [6.45, 7) is 11.9. The molecule has 1 atom stereocenters. The monoisotopic (exact) mass is 634 g/mol. The van der Waals surface area contributed by atoms with Gasteiger partial charge in [-0.2, -0.15) is 5.26 Å². The maximum absolute atomic E-state index is 13.0. The number of likely N-dealkylation sites (tertiary alicyclic amines) is 1. The Balaban J connectivity index is 1.01. The molecule has 0 saturated carbocycles. The summed E-state index contributed by atoms with van der Waals surface area (Å²) in [6.07, 6.45) is 8.18. The van der Waals surface area contributed by atoms with Crippen LogP contribution in [-0.2, 0) is 33.6 Å². The molecule has 0 spiro atoms. The summed E-state index contributed by atoms with van der Waals surface area (Å²) in [4.78, 5) is 38.3. The van der Waals surface area contributed by atoms with Crippen LogP contribution in [0.1, 0.15) is 87.8 Å². The summed E-state index contributed by atoms with van der Waals surface area (Å²) in [6, 6.07) is 8.63. The van der Waals surface area contributed by atoms with Gasteiger partial charge in [0.2, 0.25) is 17.7 Å². The number of fused-ring (bicyclic) bond motifs is 1. The summed E-state index contributed by atoms with van der Waals surface area (Å²) in [5.74, 6) is 2.19. The van der Waals surface area contributed by atoms with Gasteiger partial charge >= 0.3 is 0 Å². The highest BCUT2D eigenvalue weighted by Crippen LogP contribution is 2.33. The third kappa shape index (κ3) is 8.09. The van der Waals surface area contributed by atoms with Gasteiger partial charge in [-0.15, -0.1) is 11.8 Å². The van der Waals surface area contributed by atoms with E-state index in [1.807, 2.05) is 17.9 Å². The number of hydrogen-bond donors (Lipinski definition) is 1. The zero-order chi connectivity index (χ0) is 31.3. The number of rotatable bonds is 10. The van der Waals surface area contributed by atoms with Crippen molar-refractivity contribution < 1.29 is 14.0 Å². The first-order chi connectivity index (χ1) is 21.1. The number of nitrogens with zero attached hydrogens (tertiary/aromatic N) is 5. The fourth-order valence-corrected chi connectivity index (χ4v) is 7.65. The van der Waals surface area contributed by atoms with E-state index in [0.29, 0.717) is 23.3 Å². The van der Waals surface area contributed by atoms with Crippen molar-refractivity contribution >= 4 is 40.0 Å². The lowest BCUT2D eigenvalue weighted by atomic mass is 9.90. The lowest BCUT2D eigenvalue weighted by Gasteiger charge is -2.35. The minimum atomic E-state index is -0.0860. The predicted octanol–water partition coefficient (Wildman–Crippen LogP) is 6.36. The Morgan fingerprint density at radius 1 is 1.18 bits per heavy atom. The summed E-state index contributed by atoms with van der Waals surface area (Å²) in [7, 11) is 0. The van der Waals surface area contributed by atoms with Gasteiger partial charge in [0.25, 0.3) is 0 Å². The van der Waals surface area contributed by atoms with Crippen LogP contribution in [0, 0.1) is 17.2 Å². The van der Waals surface area contributed by atoms with E-state index in [2.05, 4.69) is 59.2 Å². The zero-order valence-corrected chi connectivity index (χ0v) is 27.7. The SMILES string of the molecule is CC1c2ccc(CCCN3CCC(C(=O)Nc4ncc(SCc5ncc(C(C)(C)C)o5)s4)CC3)cc2CCN1C(=O)CC#N. The number of thiazole rings is 1. The molecule has 11 heteroatoms. The van der Waals surface area contributed by atoms with E-state index in [4.69, 9.17) is 9.68 Å². The van der Waals surface area contributed by atoms with Gasteiger partial charge in [-0.1, -0.05) is 50.3 Å². The summed E-state index contributed by atoms with van der Waals surface area (Å²) < 4.78 is 6.90. The number of benzene rings is 1. The molecular formula is C33H42N6O3S2. The number of nitrogens with one attached hydrogen (secondary N) is 1. The molecule has 1 saturated heterocycles. The van der Waals surface area contributed by atoms with Crippen LogP contribution in [0.4, 0.5) is 5.13 Å². The van der Waals surface area contributed by atoms with Gasteiger partial charge in [-0.25, -0.2) is 9.97 Å². The van der Waals surface area contributed by atoms with Crippen molar-refractivity contribution in [1.29, 1.82) is 5.26 Å². The molecule has 3 aromatic rings. The topological polar surface area (TPSA) is 115 Å². The van der Waals surface area contributed by atoms with Crippen LogP contribution >= 0.6 is 23.1 Å². The van der Waals surface area contributed by atoms with Gasteiger partial charge in [-0.3, -0.25) is 9.59 Å². The molecule has 9 nitrogen and oxygen atoms in total. The van der Waals surface area contributed by atoms with E-state index in [1.54, 1.807) is 24.2 Å². The average Bonchev–Trinajstić information content (AvgIpc) is 3.66. The Hall–Kier alpha value is -3.20. The Morgan fingerprint density at radius 3 is 2.70 bits per heavy atom. The van der Waals surface area contributed by atoms with Crippen LogP contribution in [-0.4, -0.2) is 57.8 Å². The van der Waals surface area contributed by atoms with Crippen LogP contribution < -0.4 is 5.32 Å². The quantitative estimate of drug-likeness (QED) is 0.256. The Labute approximate surface area is 268 Å². The van der Waals surface area contributed by atoms with Crippen LogP contribution in [0.2, 0.25) is 0 Å². The molecule has 1 aromatic carbocycles. The van der Waals surface area contributed by atoms with Gasteiger partial charge < -0.3 is 19.5 Å². The maximum Gasteiger partial charge on any atom is 0.237 e. The van der Waals surface area contributed by atoms with Crippen molar-refractivity contribution in [3.8, 4) is 6.07 Å². The zero-order valence-electron chi connectivity index (χ0n) is 26.1. The number of carbonyl (C=O) groups is 2. The Morgan fingerprint density at radius 2 is 1.98 bits per heavy atom. The fourth-order valence-electron chi connectivity index (χ4n) is 5.92. The Bertz CT molecular complexity index is 1500. The highest BCUT2D eigenvalue weighted by atomic mass is 32.2. The lowest BCUT2D eigenvalue weighted by molar-refractivity contribution is -0.132. The standard InChI is InChI=1S/C33H42N6O3S2/c1-22-26-8-7-23(18-25(26)12-17-39(22)29(40)9-13-34)6-5-14-38-15-10-24(11-16-38)31(41)37-32-36-20-30(44-32)43-21-28-35-19-27(42-28)33(2,3)4/h7-8,18-20,22,24H,5-6,9-12,14-17,21H2,1-4H3,(H,36,37,41). The van der Waals surface area contributed by atoms with Gasteiger partial charge in [0.1, 0.15) is 12.2 Å². The average molecular weight is 635 g/mol. The van der Waals surface area contributed by atoms with Crippen LogP contribution in [0.25, 0.3) is 0 Å². The molecule has 2 amide bonds. The third-order valence-corrected chi connectivity index (χ3v) is 10.6. The van der Waals surface area contributed by atoms with Crippen molar-refractivity contribution in [3.63, 3.8) is 0 Å². The van der Waals surface area contributed by atoms with Crippen molar-refractivity contribution in [1.82, 2.24) is 19.8 Å². The van der Waals surface area contributed by atoms with Gasteiger partial charge in [-0.05, 0) is 75.4 Å². The number of oxazole rings is 1. The molecule has 0 bridgehead atoms. The van der Waals surface area contributed by atoms with Crippen molar-refractivity contribution in [2.45, 2.75) is 87.6 Å². The number of amides is 2. The number of aryl methyl sites for hydroxylation is 1. The lowest BCUT2D eigenvalue weighted by Crippen LogP contribution is -2.38. The van der Waals surface area contributed by atoms with E-state index in [9.17, 15) is 9.59 Å². The molecule has 4 heterocycles. The van der Waals surface area contributed by atoms with Crippen LogP contribution in [0.5, 0.6) is 0 Å². The van der Waals surface area contributed by atoms with E-state index >= 15 is 0 Å². The molecule has 0 aliphatic carbocycles. The number of aromatic nitrogens is 2. The van der Waals surface area contributed by atoms with E-state index in [1.165, 1.54) is 28.0 Å². The summed E-state index contributed by atoms with van der Waals surface area (Å²) in [5.41, 5.74) is 3.78. The number of nitriles is 1. The number of carbonyl (C=O) groups excluding carboxylic acids is 2. The number of hydrogen-bond acceptors (Lipinski definition) is 9. The van der Waals surface area contributed by atoms with Crippen LogP contribution in [0.3, 0.4) is 0 Å².